The molecule has 1 aromatic heterocycles. The number of aromatic nitrogens is 1. The molecule has 3 atom stereocenters. The third-order valence-corrected chi connectivity index (χ3v) is 10.5. The van der Waals surface area contributed by atoms with Gasteiger partial charge in [-0.15, -0.1) is 0 Å². The van der Waals surface area contributed by atoms with Gasteiger partial charge in [0.25, 0.3) is 0 Å². The Hall–Kier alpha value is -1.63. The molecule has 2 heterocycles. The highest BCUT2D eigenvalue weighted by molar-refractivity contribution is 5.80. The van der Waals surface area contributed by atoms with Gasteiger partial charge in [-0.2, -0.15) is 13.2 Å². The Kier molecular flexibility index (Phi) is 6.37. The van der Waals surface area contributed by atoms with E-state index < -0.39 is 11.7 Å². The molecule has 0 spiro atoms. The molecule has 1 aliphatic heterocycles. The molecule has 1 amide bonds. The predicted molar refractivity (Wildman–Crippen MR) is 132 cm³/mol. The zero-order valence-corrected chi connectivity index (χ0v) is 21.6. The molecule has 1 unspecified atom stereocenters. The maximum atomic E-state index is 13.7. The van der Waals surface area contributed by atoms with Crippen LogP contribution in [0.4, 0.5) is 13.2 Å². The molecule has 0 radical (unpaired) electrons. The van der Waals surface area contributed by atoms with Crippen molar-refractivity contribution in [2.45, 2.75) is 84.0 Å². The Balaban J connectivity index is 1.10. The summed E-state index contributed by atoms with van der Waals surface area (Å²) in [6.45, 7) is 6.27. The van der Waals surface area contributed by atoms with Crippen LogP contribution in [0.15, 0.2) is 12.3 Å². The maximum absolute atomic E-state index is 13.7. The van der Waals surface area contributed by atoms with Crippen molar-refractivity contribution in [1.82, 2.24) is 15.2 Å². The molecule has 0 saturated heterocycles. The zero-order chi connectivity index (χ0) is 25.2. The summed E-state index contributed by atoms with van der Waals surface area (Å²) in [7, 11) is 0. The summed E-state index contributed by atoms with van der Waals surface area (Å²) < 4.78 is 39.7. The summed E-state index contributed by atoms with van der Waals surface area (Å²) >= 11 is 0. The Morgan fingerprint density at radius 2 is 1.78 bits per heavy atom. The molecule has 198 valence electrons. The number of carbonyl (C=O) groups excluding carboxylic acids is 1. The predicted octanol–water partition coefficient (Wildman–Crippen LogP) is 5.70. The lowest BCUT2D eigenvalue weighted by molar-refractivity contribution is -0.138. The van der Waals surface area contributed by atoms with Gasteiger partial charge >= 0.3 is 6.18 Å². The lowest BCUT2D eigenvalue weighted by atomic mass is 9.52. The molecule has 1 aromatic rings. The summed E-state index contributed by atoms with van der Waals surface area (Å²) in [5, 5.41) is 3.92. The van der Waals surface area contributed by atoms with Crippen LogP contribution in [0.2, 0.25) is 0 Å². The van der Waals surface area contributed by atoms with E-state index in [9.17, 15) is 18.0 Å². The molecule has 7 heteroatoms. The van der Waals surface area contributed by atoms with E-state index in [1.165, 1.54) is 38.2 Å². The van der Waals surface area contributed by atoms with E-state index in [-0.39, 0.29) is 18.4 Å². The molecule has 4 bridgehead atoms. The van der Waals surface area contributed by atoms with Crippen LogP contribution in [0, 0.1) is 47.3 Å². The van der Waals surface area contributed by atoms with Crippen LogP contribution in [-0.4, -0.2) is 34.9 Å². The van der Waals surface area contributed by atoms with E-state index in [2.05, 4.69) is 24.1 Å². The minimum absolute atomic E-state index is 0.0543. The van der Waals surface area contributed by atoms with Crippen molar-refractivity contribution in [1.29, 1.82) is 0 Å². The summed E-state index contributed by atoms with van der Waals surface area (Å²) in [4.78, 5) is 19.6. The molecule has 1 N–H and O–H groups in total. The van der Waals surface area contributed by atoms with Crippen LogP contribution in [-0.2, 0) is 23.9 Å². The molecule has 7 rings (SSSR count). The van der Waals surface area contributed by atoms with Gasteiger partial charge in [0, 0.05) is 43.4 Å². The number of pyridine rings is 1. The molecule has 6 aliphatic rings. The molecule has 36 heavy (non-hydrogen) atoms. The smallest absolute Gasteiger partial charge is 0.338 e. The highest BCUT2D eigenvalue weighted by atomic mass is 19.4. The van der Waals surface area contributed by atoms with E-state index in [1.807, 2.05) is 0 Å². The highest BCUT2D eigenvalue weighted by Gasteiger charge is 2.49. The number of hydrogen-bond donors (Lipinski definition) is 1. The Labute approximate surface area is 212 Å². The summed E-state index contributed by atoms with van der Waals surface area (Å²) in [5.41, 5.74) is 0.500. The van der Waals surface area contributed by atoms with Gasteiger partial charge < -0.3 is 10.2 Å². The van der Waals surface area contributed by atoms with Gasteiger partial charge in [-0.3, -0.25) is 9.78 Å². The van der Waals surface area contributed by atoms with E-state index >= 15 is 0 Å². The van der Waals surface area contributed by atoms with Crippen molar-refractivity contribution in [2.24, 2.45) is 47.3 Å². The SMILES string of the molecule is CC(C)C1C[C@@H](NCC2C3CC4CC(C3)CC2C4)C[C@H]1C(=O)N1CCc2ncc(C(F)(F)F)cc2C1. The van der Waals surface area contributed by atoms with Crippen LogP contribution >= 0.6 is 0 Å². The second-order valence-electron chi connectivity index (χ2n) is 13.0. The highest BCUT2D eigenvalue weighted by Crippen LogP contribution is 2.56. The lowest BCUT2D eigenvalue weighted by Crippen LogP contribution is -2.49. The van der Waals surface area contributed by atoms with Crippen LogP contribution in [0.5, 0.6) is 0 Å². The second kappa shape index (κ2) is 9.28. The third kappa shape index (κ3) is 4.58. The number of alkyl halides is 3. The Morgan fingerprint density at radius 1 is 1.08 bits per heavy atom. The van der Waals surface area contributed by atoms with Crippen molar-refractivity contribution >= 4 is 5.91 Å². The number of nitrogens with zero attached hydrogens (tertiary/aromatic N) is 2. The summed E-state index contributed by atoms with van der Waals surface area (Å²) in [5.74, 6) is 5.36. The molecular formula is C29H40F3N3O. The van der Waals surface area contributed by atoms with E-state index in [0.29, 0.717) is 42.1 Å². The molecule has 4 nitrogen and oxygen atoms in total. The largest absolute Gasteiger partial charge is 0.417 e. The van der Waals surface area contributed by atoms with Crippen molar-refractivity contribution in [3.63, 3.8) is 0 Å². The molecular weight excluding hydrogens is 463 g/mol. The first-order chi connectivity index (χ1) is 17.2. The van der Waals surface area contributed by atoms with Crippen LogP contribution in [0.1, 0.15) is 75.6 Å². The first-order valence-electron chi connectivity index (χ1n) is 14.2. The molecule has 5 fully saturated rings. The van der Waals surface area contributed by atoms with Crippen molar-refractivity contribution in [2.75, 3.05) is 13.1 Å². The fourth-order valence-electron chi connectivity index (χ4n) is 8.94. The van der Waals surface area contributed by atoms with E-state index in [1.54, 1.807) is 4.90 Å². The lowest BCUT2D eigenvalue weighted by Gasteiger charge is -2.54. The summed E-state index contributed by atoms with van der Waals surface area (Å²) in [6.07, 6.45) is 6.09. The standard InChI is InChI=1S/C29H40F3N3O/c1-16(2)24-11-23(33-14-26-19-6-17-5-18(8-19)9-20(26)7-17)12-25(24)28(36)35-4-3-27-21(15-35)10-22(13-34-27)29(30,31)32/h10,13,16-20,23-26,33H,3-9,11-12,14-15H2,1-2H3/t17?,18?,19?,20?,23-,24?,25-,26?/m1/s1. The zero-order valence-electron chi connectivity index (χ0n) is 21.6. The topological polar surface area (TPSA) is 45.2 Å². The maximum Gasteiger partial charge on any atom is 0.417 e. The van der Waals surface area contributed by atoms with Gasteiger partial charge in [0.1, 0.15) is 0 Å². The van der Waals surface area contributed by atoms with Crippen molar-refractivity contribution in [3.05, 3.63) is 29.1 Å². The third-order valence-electron chi connectivity index (χ3n) is 10.5. The number of amides is 1. The minimum atomic E-state index is -4.42. The first-order valence-corrected chi connectivity index (χ1v) is 14.2. The van der Waals surface area contributed by atoms with E-state index in [4.69, 9.17) is 0 Å². The van der Waals surface area contributed by atoms with Gasteiger partial charge in [0.05, 0.1) is 5.56 Å². The first kappa shape index (κ1) is 24.7. The second-order valence-corrected chi connectivity index (χ2v) is 13.0. The number of rotatable bonds is 5. The molecule has 0 aromatic carbocycles. The van der Waals surface area contributed by atoms with Crippen LogP contribution < -0.4 is 5.32 Å². The van der Waals surface area contributed by atoms with Gasteiger partial charge in [-0.1, -0.05) is 13.8 Å². The molecule has 5 aliphatic carbocycles. The van der Waals surface area contributed by atoms with Crippen molar-refractivity contribution < 1.29 is 18.0 Å². The normalized spacial score (nSPS) is 37.6. The summed E-state index contributed by atoms with van der Waals surface area (Å²) in [6, 6.07) is 1.55. The van der Waals surface area contributed by atoms with Gasteiger partial charge in [0.2, 0.25) is 5.91 Å². The average molecular weight is 504 g/mol. The fraction of sp³-hybridized carbons (Fsp3) is 0.793. The average Bonchev–Trinajstić information content (AvgIpc) is 3.26. The van der Waals surface area contributed by atoms with Gasteiger partial charge in [0.15, 0.2) is 0 Å². The number of halogens is 3. The van der Waals surface area contributed by atoms with Crippen molar-refractivity contribution in [3.8, 4) is 0 Å². The monoisotopic (exact) mass is 503 g/mol. The fourth-order valence-corrected chi connectivity index (χ4v) is 8.94. The Morgan fingerprint density at radius 3 is 2.42 bits per heavy atom. The van der Waals surface area contributed by atoms with E-state index in [0.717, 1.165) is 55.2 Å². The Bertz CT molecular complexity index is 964. The number of hydrogen-bond acceptors (Lipinski definition) is 3. The number of fused-ring (bicyclic) bond motifs is 1. The number of carbonyl (C=O) groups is 1. The van der Waals surface area contributed by atoms with Crippen LogP contribution in [0.25, 0.3) is 0 Å². The molecule has 5 saturated carbocycles. The number of nitrogens with one attached hydrogen (secondary N) is 1. The van der Waals surface area contributed by atoms with Crippen LogP contribution in [0.3, 0.4) is 0 Å². The van der Waals surface area contributed by atoms with Gasteiger partial charge in [-0.25, -0.2) is 0 Å². The quantitative estimate of drug-likeness (QED) is 0.561. The van der Waals surface area contributed by atoms with Gasteiger partial charge in [-0.05, 0) is 105 Å². The minimum Gasteiger partial charge on any atom is -0.338 e.